The lowest BCUT2D eigenvalue weighted by Crippen LogP contribution is -2.10. The average molecular weight is 236 g/mol. The van der Waals surface area contributed by atoms with Crippen LogP contribution in [-0.4, -0.2) is 23.0 Å². The Hall–Kier alpha value is -1.17. The summed E-state index contributed by atoms with van der Waals surface area (Å²) in [5, 5.41) is 8.55. The van der Waals surface area contributed by atoms with E-state index in [4.69, 9.17) is 5.11 Å². The van der Waals surface area contributed by atoms with Crippen molar-refractivity contribution in [2.24, 2.45) is 0 Å². The molecule has 1 aromatic rings. The van der Waals surface area contributed by atoms with E-state index >= 15 is 0 Å². The molecule has 1 rings (SSSR count). The summed E-state index contributed by atoms with van der Waals surface area (Å²) >= 11 is 0.630. The van der Waals surface area contributed by atoms with Gasteiger partial charge in [-0.25, -0.2) is 4.79 Å². The van der Waals surface area contributed by atoms with Crippen LogP contribution < -0.4 is 0 Å². The fourth-order valence-corrected chi connectivity index (χ4v) is 1.52. The van der Waals surface area contributed by atoms with E-state index in [0.717, 1.165) is 0 Å². The maximum Gasteiger partial charge on any atom is 0.398 e. The molecule has 0 unspecified atom stereocenters. The van der Waals surface area contributed by atoms with Crippen LogP contribution in [0.15, 0.2) is 29.2 Å². The van der Waals surface area contributed by atoms with Gasteiger partial charge in [-0.05, 0) is 24.3 Å². The summed E-state index contributed by atoms with van der Waals surface area (Å²) in [7, 11) is 0. The molecule has 0 aliphatic heterocycles. The molecule has 0 aromatic heterocycles. The predicted molar refractivity (Wildman–Crippen MR) is 50.2 cm³/mol. The predicted octanol–water partition coefficient (Wildman–Crippen LogP) is 3.04. The number of hydrogen-bond acceptors (Lipinski definition) is 2. The SMILES string of the molecule is O=C(O)c1ccc(SCC(F)(F)F)cc1. The van der Waals surface area contributed by atoms with Crippen LogP contribution in [0, 0.1) is 0 Å². The van der Waals surface area contributed by atoms with E-state index in [1.165, 1.54) is 24.3 Å². The minimum atomic E-state index is -4.21. The Labute approximate surface area is 88.1 Å². The van der Waals surface area contributed by atoms with E-state index in [1.54, 1.807) is 0 Å². The molecule has 0 fully saturated rings. The van der Waals surface area contributed by atoms with E-state index < -0.39 is 17.9 Å². The topological polar surface area (TPSA) is 37.3 Å². The monoisotopic (exact) mass is 236 g/mol. The standard InChI is InChI=1S/C9H7F3O2S/c10-9(11,12)5-15-7-3-1-6(2-4-7)8(13)14/h1-4H,5H2,(H,13,14). The van der Waals surface area contributed by atoms with Gasteiger partial charge in [0.25, 0.3) is 0 Å². The lowest BCUT2D eigenvalue weighted by molar-refractivity contribution is -0.105. The van der Waals surface area contributed by atoms with Gasteiger partial charge in [-0.2, -0.15) is 13.2 Å². The number of thioether (sulfide) groups is 1. The fraction of sp³-hybridized carbons (Fsp3) is 0.222. The maximum absolute atomic E-state index is 11.8. The molecule has 6 heteroatoms. The van der Waals surface area contributed by atoms with Gasteiger partial charge >= 0.3 is 12.1 Å². The second-order valence-electron chi connectivity index (χ2n) is 2.73. The van der Waals surface area contributed by atoms with Gasteiger partial charge in [0, 0.05) is 4.90 Å². The van der Waals surface area contributed by atoms with Gasteiger partial charge in [0.05, 0.1) is 11.3 Å². The molecule has 0 heterocycles. The highest BCUT2D eigenvalue weighted by Gasteiger charge is 2.27. The van der Waals surface area contributed by atoms with Gasteiger partial charge in [-0.1, -0.05) is 0 Å². The highest BCUT2D eigenvalue weighted by Crippen LogP contribution is 2.27. The third-order valence-electron chi connectivity index (χ3n) is 1.50. The number of carbonyl (C=O) groups is 1. The lowest BCUT2D eigenvalue weighted by Gasteiger charge is -2.05. The van der Waals surface area contributed by atoms with Crippen LogP contribution >= 0.6 is 11.8 Å². The van der Waals surface area contributed by atoms with Crippen molar-refractivity contribution in [2.75, 3.05) is 5.75 Å². The molecule has 0 bridgehead atoms. The largest absolute Gasteiger partial charge is 0.478 e. The molecule has 0 saturated carbocycles. The first kappa shape index (κ1) is 11.9. The third kappa shape index (κ3) is 4.24. The van der Waals surface area contributed by atoms with Crippen LogP contribution in [0.3, 0.4) is 0 Å². The zero-order chi connectivity index (χ0) is 11.5. The number of carboxylic acids is 1. The molecule has 0 amide bonds. The summed E-state index contributed by atoms with van der Waals surface area (Å²) in [5.74, 6) is -2.07. The van der Waals surface area contributed by atoms with Gasteiger partial charge in [0.2, 0.25) is 0 Å². The Morgan fingerprint density at radius 2 is 1.80 bits per heavy atom. The Balaban J connectivity index is 2.61. The zero-order valence-corrected chi connectivity index (χ0v) is 8.23. The van der Waals surface area contributed by atoms with Crippen molar-refractivity contribution in [3.05, 3.63) is 29.8 Å². The lowest BCUT2D eigenvalue weighted by atomic mass is 10.2. The van der Waals surface area contributed by atoms with Crippen LogP contribution in [0.2, 0.25) is 0 Å². The van der Waals surface area contributed by atoms with Crippen LogP contribution in [0.1, 0.15) is 10.4 Å². The fourth-order valence-electron chi connectivity index (χ4n) is 0.859. The van der Waals surface area contributed by atoms with E-state index in [0.29, 0.717) is 16.7 Å². The molecule has 2 nitrogen and oxygen atoms in total. The van der Waals surface area contributed by atoms with E-state index in [1.807, 2.05) is 0 Å². The van der Waals surface area contributed by atoms with Crippen molar-refractivity contribution < 1.29 is 23.1 Å². The van der Waals surface area contributed by atoms with Crippen molar-refractivity contribution in [3.8, 4) is 0 Å². The molecule has 1 N–H and O–H groups in total. The molecule has 1 aromatic carbocycles. The second kappa shape index (κ2) is 4.57. The second-order valence-corrected chi connectivity index (χ2v) is 3.78. The van der Waals surface area contributed by atoms with Crippen LogP contribution in [0.5, 0.6) is 0 Å². The molecule has 0 aliphatic carbocycles. The first-order chi connectivity index (χ1) is 6.88. The van der Waals surface area contributed by atoms with Gasteiger partial charge in [-0.15, -0.1) is 11.8 Å². The quantitative estimate of drug-likeness (QED) is 0.819. The molecule has 82 valence electrons. The number of rotatable bonds is 3. The van der Waals surface area contributed by atoms with Crippen LogP contribution in [-0.2, 0) is 0 Å². The number of alkyl halides is 3. The summed E-state index contributed by atoms with van der Waals surface area (Å²) in [5.41, 5.74) is 0.0614. The number of aromatic carboxylic acids is 1. The Bertz CT molecular complexity index is 345. The molecule has 0 radical (unpaired) electrons. The smallest absolute Gasteiger partial charge is 0.398 e. The first-order valence-corrected chi connectivity index (χ1v) is 4.90. The van der Waals surface area contributed by atoms with Gasteiger partial charge in [-0.3, -0.25) is 0 Å². The molecule has 15 heavy (non-hydrogen) atoms. The third-order valence-corrected chi connectivity index (χ3v) is 2.58. The van der Waals surface area contributed by atoms with E-state index in [-0.39, 0.29) is 5.56 Å². The van der Waals surface area contributed by atoms with Crippen molar-refractivity contribution in [1.29, 1.82) is 0 Å². The van der Waals surface area contributed by atoms with Gasteiger partial charge in [0.1, 0.15) is 0 Å². The Morgan fingerprint density at radius 3 is 2.20 bits per heavy atom. The Morgan fingerprint density at radius 1 is 1.27 bits per heavy atom. The van der Waals surface area contributed by atoms with E-state index in [9.17, 15) is 18.0 Å². The molecule has 0 atom stereocenters. The van der Waals surface area contributed by atoms with Crippen LogP contribution in [0.4, 0.5) is 13.2 Å². The van der Waals surface area contributed by atoms with Crippen LogP contribution in [0.25, 0.3) is 0 Å². The highest BCUT2D eigenvalue weighted by molar-refractivity contribution is 7.99. The molecule has 0 spiro atoms. The van der Waals surface area contributed by atoms with Crippen molar-refractivity contribution in [2.45, 2.75) is 11.1 Å². The van der Waals surface area contributed by atoms with Gasteiger partial charge < -0.3 is 5.11 Å². The molecular formula is C9H7F3O2S. The number of hydrogen-bond donors (Lipinski definition) is 1. The van der Waals surface area contributed by atoms with E-state index in [2.05, 4.69) is 0 Å². The van der Waals surface area contributed by atoms with Crippen molar-refractivity contribution in [3.63, 3.8) is 0 Å². The normalized spacial score (nSPS) is 11.4. The minimum Gasteiger partial charge on any atom is -0.478 e. The summed E-state index contributed by atoms with van der Waals surface area (Å²) < 4.78 is 35.5. The highest BCUT2D eigenvalue weighted by atomic mass is 32.2. The average Bonchev–Trinajstić information content (AvgIpc) is 2.14. The minimum absolute atomic E-state index is 0.0614. The Kier molecular flexibility index (Phi) is 3.62. The molecular weight excluding hydrogens is 229 g/mol. The molecule has 0 saturated heterocycles. The zero-order valence-electron chi connectivity index (χ0n) is 7.41. The van der Waals surface area contributed by atoms with Gasteiger partial charge in [0.15, 0.2) is 0 Å². The maximum atomic E-state index is 11.8. The summed E-state index contributed by atoms with van der Waals surface area (Å²) in [6.07, 6.45) is -4.21. The summed E-state index contributed by atoms with van der Waals surface area (Å²) in [6.45, 7) is 0. The number of halogens is 3. The number of benzene rings is 1. The summed E-state index contributed by atoms with van der Waals surface area (Å²) in [4.78, 5) is 10.8. The summed E-state index contributed by atoms with van der Waals surface area (Å²) in [6, 6.07) is 5.28. The van der Waals surface area contributed by atoms with Crippen molar-refractivity contribution >= 4 is 17.7 Å². The van der Waals surface area contributed by atoms with Crippen molar-refractivity contribution in [1.82, 2.24) is 0 Å². The molecule has 0 aliphatic rings. The number of carboxylic acid groups (broad SMARTS) is 1. The first-order valence-electron chi connectivity index (χ1n) is 3.91.